The van der Waals surface area contributed by atoms with Crippen molar-refractivity contribution in [1.29, 1.82) is 0 Å². The highest BCUT2D eigenvalue weighted by atomic mass is 16.7. The van der Waals surface area contributed by atoms with E-state index in [-0.39, 0.29) is 24.6 Å². The Morgan fingerprint density at radius 3 is 1.60 bits per heavy atom. The van der Waals surface area contributed by atoms with E-state index in [0.29, 0.717) is 22.3 Å². The molecule has 0 amide bonds. The molecule has 0 aliphatic rings. The maximum Gasteiger partial charge on any atom is 0.508 e. The molecule has 9 nitrogen and oxygen atoms in total. The summed E-state index contributed by atoms with van der Waals surface area (Å²) in [5, 5.41) is 21.7. The van der Waals surface area contributed by atoms with E-state index in [9.17, 15) is 25.0 Å². The molecular formula is C21H20N2O7. The van der Waals surface area contributed by atoms with Crippen molar-refractivity contribution in [1.82, 2.24) is 0 Å². The second-order valence-corrected chi connectivity index (χ2v) is 6.26. The van der Waals surface area contributed by atoms with E-state index < -0.39 is 16.0 Å². The summed E-state index contributed by atoms with van der Waals surface area (Å²) >= 11 is 0. The molecule has 0 saturated carbocycles. The first-order valence-electron chi connectivity index (χ1n) is 8.90. The van der Waals surface area contributed by atoms with Gasteiger partial charge in [0.1, 0.15) is 13.2 Å². The number of ether oxygens (including phenoxy) is 2. The molecule has 0 N–H and O–H groups in total. The molecule has 0 bridgehead atoms. The van der Waals surface area contributed by atoms with Crippen molar-refractivity contribution >= 4 is 28.7 Å². The highest BCUT2D eigenvalue weighted by Gasteiger charge is 2.08. The molecule has 0 radical (unpaired) electrons. The topological polar surface area (TPSA) is 122 Å². The zero-order valence-corrected chi connectivity index (χ0v) is 16.4. The summed E-state index contributed by atoms with van der Waals surface area (Å²) in [6.07, 6.45) is 2.36. The molecule has 2 rings (SSSR count). The second kappa shape index (κ2) is 10.5. The summed E-state index contributed by atoms with van der Waals surface area (Å²) in [5.74, 6) is 0. The van der Waals surface area contributed by atoms with Crippen molar-refractivity contribution < 1.29 is 24.1 Å². The molecule has 0 spiro atoms. The Labute approximate surface area is 172 Å². The number of carbonyl (C=O) groups is 1. The zero-order valence-electron chi connectivity index (χ0n) is 16.4. The van der Waals surface area contributed by atoms with Gasteiger partial charge in [-0.15, -0.1) is 0 Å². The first kappa shape index (κ1) is 22.3. The summed E-state index contributed by atoms with van der Waals surface area (Å²) in [6, 6.07) is 12.3. The van der Waals surface area contributed by atoms with Crippen molar-refractivity contribution in [2.75, 3.05) is 13.2 Å². The van der Waals surface area contributed by atoms with E-state index in [1.807, 2.05) is 0 Å². The van der Waals surface area contributed by atoms with Crippen LogP contribution in [0.5, 0.6) is 0 Å². The van der Waals surface area contributed by atoms with Crippen LogP contribution in [0.2, 0.25) is 0 Å². The summed E-state index contributed by atoms with van der Waals surface area (Å²) in [7, 11) is 0. The fourth-order valence-electron chi connectivity index (χ4n) is 2.48. The zero-order chi connectivity index (χ0) is 22.1. The average Bonchev–Trinajstić information content (AvgIpc) is 2.73. The first-order chi connectivity index (χ1) is 14.3. The summed E-state index contributed by atoms with van der Waals surface area (Å²) in [6.45, 7) is 3.39. The van der Waals surface area contributed by atoms with E-state index in [1.54, 1.807) is 50.3 Å². The van der Waals surface area contributed by atoms with Crippen LogP contribution in [0.4, 0.5) is 16.2 Å². The lowest BCUT2D eigenvalue weighted by atomic mass is 10.1. The summed E-state index contributed by atoms with van der Waals surface area (Å²) < 4.78 is 9.92. The van der Waals surface area contributed by atoms with Gasteiger partial charge in [-0.2, -0.15) is 0 Å². The highest BCUT2D eigenvalue weighted by Crippen LogP contribution is 2.20. The van der Waals surface area contributed by atoms with Gasteiger partial charge in [-0.05, 0) is 48.3 Å². The Morgan fingerprint density at radius 2 is 1.23 bits per heavy atom. The van der Waals surface area contributed by atoms with Crippen LogP contribution >= 0.6 is 0 Å². The lowest BCUT2D eigenvalue weighted by Crippen LogP contribution is -2.07. The molecule has 0 aromatic heterocycles. The minimum Gasteiger partial charge on any atom is -0.430 e. The van der Waals surface area contributed by atoms with Crippen LogP contribution < -0.4 is 0 Å². The van der Waals surface area contributed by atoms with Gasteiger partial charge in [0.25, 0.3) is 11.4 Å². The van der Waals surface area contributed by atoms with Gasteiger partial charge < -0.3 is 9.47 Å². The number of allylic oxidation sites excluding steroid dienone is 2. The maximum absolute atomic E-state index is 11.7. The Morgan fingerprint density at radius 1 is 0.833 bits per heavy atom. The van der Waals surface area contributed by atoms with Gasteiger partial charge in [0.2, 0.25) is 0 Å². The van der Waals surface area contributed by atoms with Crippen molar-refractivity contribution in [3.8, 4) is 0 Å². The standard InChI is InChI=1S/C21H20N2O7/c1-15(17-5-3-7-19(13-17)22(25)26)9-11-29-21(24)30-12-10-16(2)18-6-4-8-20(14-18)23(27)28/h3-10,13-14H,11-12H2,1-2H3. The predicted octanol–water partition coefficient (Wildman–Crippen LogP) is 5.16. The highest BCUT2D eigenvalue weighted by molar-refractivity contribution is 5.67. The van der Waals surface area contributed by atoms with Gasteiger partial charge in [-0.3, -0.25) is 20.2 Å². The minimum atomic E-state index is -0.874. The van der Waals surface area contributed by atoms with Crippen molar-refractivity contribution in [2.45, 2.75) is 13.8 Å². The number of nitro benzene ring substituents is 2. The van der Waals surface area contributed by atoms with E-state index in [4.69, 9.17) is 9.47 Å². The quantitative estimate of drug-likeness (QED) is 0.333. The molecular weight excluding hydrogens is 392 g/mol. The molecule has 2 aromatic rings. The van der Waals surface area contributed by atoms with Gasteiger partial charge in [0.05, 0.1) is 9.85 Å². The number of hydrogen-bond acceptors (Lipinski definition) is 7. The second-order valence-electron chi connectivity index (χ2n) is 6.26. The van der Waals surface area contributed by atoms with Crippen LogP contribution in [0, 0.1) is 20.2 Å². The first-order valence-corrected chi connectivity index (χ1v) is 8.90. The Bertz CT molecular complexity index is 932. The van der Waals surface area contributed by atoms with Crippen molar-refractivity contribution in [3.05, 3.63) is 92.0 Å². The lowest BCUT2D eigenvalue weighted by molar-refractivity contribution is -0.385. The van der Waals surface area contributed by atoms with Gasteiger partial charge in [0.15, 0.2) is 0 Å². The Hall–Kier alpha value is -4.01. The molecule has 0 saturated heterocycles. The number of hydrogen-bond donors (Lipinski definition) is 0. The molecule has 9 heteroatoms. The van der Waals surface area contributed by atoms with Crippen LogP contribution in [0.15, 0.2) is 60.7 Å². The van der Waals surface area contributed by atoms with Crippen LogP contribution in [0.3, 0.4) is 0 Å². The smallest absolute Gasteiger partial charge is 0.430 e. The number of rotatable bonds is 8. The molecule has 0 aliphatic heterocycles. The fourth-order valence-corrected chi connectivity index (χ4v) is 2.48. The molecule has 30 heavy (non-hydrogen) atoms. The van der Waals surface area contributed by atoms with Gasteiger partial charge in [-0.25, -0.2) is 4.79 Å². The maximum atomic E-state index is 11.7. The number of non-ortho nitro benzene ring substituents is 2. The Balaban J connectivity index is 1.85. The Kier molecular flexibility index (Phi) is 7.81. The molecule has 0 fully saturated rings. The van der Waals surface area contributed by atoms with Crippen molar-refractivity contribution in [3.63, 3.8) is 0 Å². The molecule has 0 unspecified atom stereocenters. The largest absolute Gasteiger partial charge is 0.508 e. The van der Waals surface area contributed by atoms with Gasteiger partial charge >= 0.3 is 6.16 Å². The minimum absolute atomic E-state index is 0.0218. The normalized spacial score (nSPS) is 11.7. The summed E-state index contributed by atoms with van der Waals surface area (Å²) in [4.78, 5) is 32.4. The fraction of sp³-hybridized carbons (Fsp3) is 0.190. The summed E-state index contributed by atoms with van der Waals surface area (Å²) in [5.41, 5.74) is 2.69. The third kappa shape index (κ3) is 6.55. The molecule has 0 heterocycles. The number of nitrogens with zero attached hydrogens (tertiary/aromatic N) is 2. The third-order valence-corrected chi connectivity index (χ3v) is 4.21. The number of nitro groups is 2. The van der Waals surface area contributed by atoms with Gasteiger partial charge in [-0.1, -0.05) is 24.3 Å². The van der Waals surface area contributed by atoms with Crippen LogP contribution in [0.25, 0.3) is 11.1 Å². The molecule has 0 atom stereocenters. The van der Waals surface area contributed by atoms with Crippen LogP contribution in [0.1, 0.15) is 25.0 Å². The van der Waals surface area contributed by atoms with E-state index in [1.165, 1.54) is 24.3 Å². The monoisotopic (exact) mass is 412 g/mol. The average molecular weight is 412 g/mol. The SMILES string of the molecule is CC(=CCOC(=O)OCC=C(C)c1cccc([N+](=O)[O-])c1)c1cccc([N+](=O)[O-])c1. The molecule has 0 aliphatic carbocycles. The van der Waals surface area contributed by atoms with E-state index in [2.05, 4.69) is 0 Å². The lowest BCUT2D eigenvalue weighted by Gasteiger charge is -2.05. The molecule has 156 valence electrons. The van der Waals surface area contributed by atoms with Crippen LogP contribution in [-0.4, -0.2) is 29.2 Å². The number of carbonyl (C=O) groups excluding carboxylic acids is 1. The van der Waals surface area contributed by atoms with E-state index >= 15 is 0 Å². The van der Waals surface area contributed by atoms with Crippen molar-refractivity contribution in [2.24, 2.45) is 0 Å². The number of benzene rings is 2. The van der Waals surface area contributed by atoms with E-state index in [0.717, 1.165) is 0 Å². The van der Waals surface area contributed by atoms with Crippen LogP contribution in [-0.2, 0) is 9.47 Å². The molecule has 2 aromatic carbocycles. The third-order valence-electron chi connectivity index (χ3n) is 4.21. The van der Waals surface area contributed by atoms with Gasteiger partial charge in [0, 0.05) is 24.3 Å². The predicted molar refractivity (Wildman–Crippen MR) is 111 cm³/mol.